The number of carbonyl (C=O) groups is 1. The number of nitrogens with zero attached hydrogens (tertiary/aromatic N) is 5. The van der Waals surface area contributed by atoms with Crippen molar-refractivity contribution in [1.82, 2.24) is 19.8 Å². The van der Waals surface area contributed by atoms with E-state index < -0.39 is 0 Å². The molecule has 1 aliphatic carbocycles. The van der Waals surface area contributed by atoms with Gasteiger partial charge in [-0.1, -0.05) is 56.3 Å². The molecule has 0 unspecified atom stereocenters. The molecule has 1 amide bonds. The van der Waals surface area contributed by atoms with E-state index in [0.717, 1.165) is 62.9 Å². The highest BCUT2D eigenvalue weighted by atomic mass is 16.2. The Labute approximate surface area is 234 Å². The summed E-state index contributed by atoms with van der Waals surface area (Å²) in [6.07, 6.45) is 5.45. The van der Waals surface area contributed by atoms with Crippen LogP contribution in [0.5, 0.6) is 0 Å². The quantitative estimate of drug-likeness (QED) is 0.393. The van der Waals surface area contributed by atoms with Gasteiger partial charge in [0.2, 0.25) is 5.91 Å². The summed E-state index contributed by atoms with van der Waals surface area (Å²) in [6, 6.07) is 15.9. The lowest BCUT2D eigenvalue weighted by atomic mass is 9.87. The van der Waals surface area contributed by atoms with E-state index in [1.807, 2.05) is 4.90 Å². The number of benzene rings is 2. The summed E-state index contributed by atoms with van der Waals surface area (Å²) in [5.74, 6) is 2.01. The maximum absolute atomic E-state index is 12.0. The fourth-order valence-electron chi connectivity index (χ4n) is 6.45. The summed E-state index contributed by atoms with van der Waals surface area (Å²) in [5.41, 5.74) is 8.97. The van der Waals surface area contributed by atoms with Crippen molar-refractivity contribution in [2.24, 2.45) is 0 Å². The molecule has 1 fully saturated rings. The number of anilines is 1. The summed E-state index contributed by atoms with van der Waals surface area (Å²) >= 11 is 0. The minimum absolute atomic E-state index is 0.148. The Morgan fingerprint density at radius 1 is 0.974 bits per heavy atom. The van der Waals surface area contributed by atoms with Crippen LogP contribution in [0.4, 0.5) is 5.82 Å². The Hall–Kier alpha value is -3.25. The van der Waals surface area contributed by atoms with Gasteiger partial charge in [0, 0.05) is 62.5 Å². The Morgan fingerprint density at radius 2 is 1.67 bits per heavy atom. The van der Waals surface area contributed by atoms with Crippen LogP contribution in [0.2, 0.25) is 0 Å². The van der Waals surface area contributed by atoms with Crippen molar-refractivity contribution in [1.29, 1.82) is 0 Å². The molecule has 0 bridgehead atoms. The zero-order chi connectivity index (χ0) is 27.5. The summed E-state index contributed by atoms with van der Waals surface area (Å²) in [4.78, 5) is 29.4. The highest BCUT2D eigenvalue weighted by Crippen LogP contribution is 2.36. The largest absolute Gasteiger partial charge is 0.353 e. The summed E-state index contributed by atoms with van der Waals surface area (Å²) in [5, 5.41) is 0. The van der Waals surface area contributed by atoms with Crippen LogP contribution in [-0.4, -0.2) is 58.9 Å². The lowest BCUT2D eigenvalue weighted by molar-refractivity contribution is -0.129. The third-order valence-electron chi connectivity index (χ3n) is 8.72. The van der Waals surface area contributed by atoms with E-state index in [4.69, 9.17) is 9.97 Å². The van der Waals surface area contributed by atoms with E-state index in [9.17, 15) is 4.79 Å². The molecule has 5 rings (SSSR count). The first kappa shape index (κ1) is 27.3. The van der Waals surface area contributed by atoms with Crippen molar-refractivity contribution in [2.45, 2.75) is 72.4 Å². The van der Waals surface area contributed by atoms with Gasteiger partial charge >= 0.3 is 0 Å². The topological polar surface area (TPSA) is 52.6 Å². The van der Waals surface area contributed by atoms with Crippen molar-refractivity contribution in [3.8, 4) is 11.4 Å². The maximum atomic E-state index is 12.0. The second-order valence-corrected chi connectivity index (χ2v) is 11.1. The Balaban J connectivity index is 1.55. The molecule has 0 saturated carbocycles. The minimum Gasteiger partial charge on any atom is -0.353 e. The van der Waals surface area contributed by atoms with Crippen LogP contribution in [0, 0.1) is 6.92 Å². The smallest absolute Gasteiger partial charge is 0.219 e. The van der Waals surface area contributed by atoms with Crippen molar-refractivity contribution >= 4 is 11.7 Å². The van der Waals surface area contributed by atoms with Gasteiger partial charge in [-0.05, 0) is 68.3 Å². The molecular formula is C33H43N5O. The predicted octanol–water partition coefficient (Wildman–Crippen LogP) is 5.75. The number of hydrogen-bond acceptors (Lipinski definition) is 5. The van der Waals surface area contributed by atoms with Gasteiger partial charge in [0.05, 0.1) is 0 Å². The average Bonchev–Trinajstić information content (AvgIpc) is 2.97. The Morgan fingerprint density at radius 3 is 2.33 bits per heavy atom. The monoisotopic (exact) mass is 525 g/mol. The van der Waals surface area contributed by atoms with E-state index in [1.165, 1.54) is 52.6 Å². The summed E-state index contributed by atoms with van der Waals surface area (Å²) in [6.45, 7) is 12.1. The summed E-state index contributed by atoms with van der Waals surface area (Å²) in [7, 11) is 2.25. The molecule has 0 N–H and O–H groups in total. The van der Waals surface area contributed by atoms with Crippen LogP contribution in [0.15, 0.2) is 42.5 Å². The van der Waals surface area contributed by atoms with E-state index in [2.05, 4.69) is 80.1 Å². The number of aryl methyl sites for hydroxylation is 4. The minimum atomic E-state index is 0.148. The average molecular weight is 526 g/mol. The van der Waals surface area contributed by atoms with Crippen LogP contribution in [-0.2, 0) is 30.6 Å². The molecule has 0 spiro atoms. The van der Waals surface area contributed by atoms with Crippen LogP contribution >= 0.6 is 0 Å². The first-order valence-corrected chi connectivity index (χ1v) is 14.7. The third kappa shape index (κ3) is 5.58. The molecule has 1 saturated heterocycles. The lowest BCUT2D eigenvalue weighted by Gasteiger charge is -2.38. The van der Waals surface area contributed by atoms with Gasteiger partial charge in [-0.25, -0.2) is 9.97 Å². The first-order chi connectivity index (χ1) is 18.9. The van der Waals surface area contributed by atoms with E-state index >= 15 is 0 Å². The van der Waals surface area contributed by atoms with Gasteiger partial charge in [0.25, 0.3) is 0 Å². The third-order valence-corrected chi connectivity index (χ3v) is 8.72. The number of carbonyl (C=O) groups excluding carboxylic acids is 1. The second-order valence-electron chi connectivity index (χ2n) is 11.1. The number of rotatable bonds is 7. The first-order valence-electron chi connectivity index (χ1n) is 14.7. The predicted molar refractivity (Wildman–Crippen MR) is 159 cm³/mol. The van der Waals surface area contributed by atoms with Crippen molar-refractivity contribution in [2.75, 3.05) is 38.1 Å². The Bertz CT molecular complexity index is 1310. The molecular weight excluding hydrogens is 482 g/mol. The lowest BCUT2D eigenvalue weighted by Crippen LogP contribution is -2.48. The molecule has 1 aliphatic heterocycles. The summed E-state index contributed by atoms with van der Waals surface area (Å²) < 4.78 is 0. The van der Waals surface area contributed by atoms with Gasteiger partial charge in [-0.3, -0.25) is 9.69 Å². The number of piperazine rings is 1. The fraction of sp³-hybridized carbons (Fsp3) is 0.485. The molecule has 1 atom stereocenters. The Kier molecular flexibility index (Phi) is 8.31. The van der Waals surface area contributed by atoms with E-state index in [0.29, 0.717) is 6.04 Å². The number of aromatic nitrogens is 2. The van der Waals surface area contributed by atoms with Crippen LogP contribution in [0.1, 0.15) is 73.2 Å². The molecule has 39 heavy (non-hydrogen) atoms. The number of fused-ring (bicyclic) bond motifs is 1. The highest BCUT2D eigenvalue weighted by Gasteiger charge is 2.28. The van der Waals surface area contributed by atoms with Gasteiger partial charge < -0.3 is 9.80 Å². The van der Waals surface area contributed by atoms with Gasteiger partial charge in [-0.15, -0.1) is 0 Å². The van der Waals surface area contributed by atoms with Crippen molar-refractivity contribution < 1.29 is 4.79 Å². The molecule has 1 aromatic heterocycles. The molecule has 2 aromatic carbocycles. The number of amides is 1. The fourth-order valence-corrected chi connectivity index (χ4v) is 6.45. The van der Waals surface area contributed by atoms with Crippen molar-refractivity contribution in [3.63, 3.8) is 0 Å². The molecule has 6 nitrogen and oxygen atoms in total. The van der Waals surface area contributed by atoms with E-state index in [-0.39, 0.29) is 5.91 Å². The SMILES string of the molecule is CCc1cccc(CC)c1-c1nc(C)c(CN(C)[C@H]2CCCc3ccccc32)c(N2CCN(C(C)=O)CC2)n1. The van der Waals surface area contributed by atoms with Crippen LogP contribution in [0.25, 0.3) is 11.4 Å². The van der Waals surface area contributed by atoms with Gasteiger partial charge in [0.15, 0.2) is 5.82 Å². The molecule has 206 valence electrons. The number of hydrogen-bond donors (Lipinski definition) is 0. The highest BCUT2D eigenvalue weighted by molar-refractivity contribution is 5.73. The second kappa shape index (κ2) is 11.9. The van der Waals surface area contributed by atoms with Crippen molar-refractivity contribution in [3.05, 3.63) is 76.0 Å². The molecule has 0 radical (unpaired) electrons. The van der Waals surface area contributed by atoms with E-state index in [1.54, 1.807) is 6.92 Å². The molecule has 6 heteroatoms. The zero-order valence-corrected chi connectivity index (χ0v) is 24.3. The molecule has 2 heterocycles. The van der Waals surface area contributed by atoms with Gasteiger partial charge in [-0.2, -0.15) is 0 Å². The zero-order valence-electron chi connectivity index (χ0n) is 24.3. The van der Waals surface area contributed by atoms with Gasteiger partial charge in [0.1, 0.15) is 5.82 Å². The van der Waals surface area contributed by atoms with Crippen LogP contribution < -0.4 is 4.90 Å². The van der Waals surface area contributed by atoms with Crippen LogP contribution in [0.3, 0.4) is 0 Å². The normalized spacial score (nSPS) is 17.4. The molecule has 3 aromatic rings. The standard InChI is InChI=1S/C33H43N5O/c1-6-25-13-10-14-26(7-2)31(25)32-34-23(3)29(33(35-32)38-20-18-37(19-21-38)24(4)39)22-36(5)30-17-11-15-27-12-8-9-16-28(27)30/h8-10,12-14,16,30H,6-7,11,15,17-22H2,1-5H3/t30-/m0/s1. The maximum Gasteiger partial charge on any atom is 0.219 e. The molecule has 2 aliphatic rings.